The number of hydrogen-bond acceptors (Lipinski definition) is 9. The third-order valence-electron chi connectivity index (χ3n) is 4.42. The van der Waals surface area contributed by atoms with Crippen molar-refractivity contribution in [2.45, 2.75) is 20.1 Å². The first-order valence-corrected chi connectivity index (χ1v) is 11.2. The maximum Gasteiger partial charge on any atom is 0.329 e. The van der Waals surface area contributed by atoms with Crippen LogP contribution in [0.5, 0.6) is 5.75 Å². The van der Waals surface area contributed by atoms with E-state index >= 15 is 0 Å². The van der Waals surface area contributed by atoms with E-state index in [1.807, 2.05) is 48.5 Å². The Morgan fingerprint density at radius 3 is 2.88 bits per heavy atom. The van der Waals surface area contributed by atoms with Gasteiger partial charge in [0.05, 0.1) is 11.5 Å². The summed E-state index contributed by atoms with van der Waals surface area (Å²) in [6.07, 6.45) is 1.78. The Hall–Kier alpha value is -3.57. The summed E-state index contributed by atoms with van der Waals surface area (Å²) in [5.74, 6) is 0.455. The molecule has 0 saturated carbocycles. The molecule has 0 aliphatic carbocycles. The Bertz CT molecular complexity index is 1240. The van der Waals surface area contributed by atoms with Crippen LogP contribution in [0.25, 0.3) is 17.5 Å². The monoisotopic (exact) mass is 481 g/mol. The van der Waals surface area contributed by atoms with Crippen LogP contribution in [0.3, 0.4) is 0 Å². The molecule has 1 fully saturated rings. The Labute approximate surface area is 199 Å². The quantitative estimate of drug-likeness (QED) is 0.295. The molecule has 1 saturated heterocycles. The zero-order valence-corrected chi connectivity index (χ0v) is 19.2. The fourth-order valence-corrected chi connectivity index (χ4v) is 4.03. The van der Waals surface area contributed by atoms with Crippen molar-refractivity contribution in [1.82, 2.24) is 25.5 Å². The van der Waals surface area contributed by atoms with E-state index in [0.717, 1.165) is 16.7 Å². The van der Waals surface area contributed by atoms with E-state index in [9.17, 15) is 9.59 Å². The van der Waals surface area contributed by atoms with Crippen molar-refractivity contribution in [3.8, 4) is 17.1 Å². The van der Waals surface area contributed by atoms with E-state index in [2.05, 4.69) is 20.7 Å². The Morgan fingerprint density at radius 1 is 1.24 bits per heavy atom. The van der Waals surface area contributed by atoms with Crippen molar-refractivity contribution in [1.29, 1.82) is 0 Å². The van der Waals surface area contributed by atoms with Crippen molar-refractivity contribution in [3.05, 3.63) is 64.6 Å². The number of benzene rings is 2. The van der Waals surface area contributed by atoms with E-state index in [4.69, 9.17) is 21.7 Å². The molecule has 11 heteroatoms. The molecule has 0 unspecified atom stereocenters. The molecule has 1 N–H and O–H groups in total. The van der Waals surface area contributed by atoms with Crippen molar-refractivity contribution in [2.75, 3.05) is 6.61 Å². The predicted molar refractivity (Wildman–Crippen MR) is 127 cm³/mol. The van der Waals surface area contributed by atoms with Gasteiger partial charge in [0.15, 0.2) is 6.54 Å². The van der Waals surface area contributed by atoms with Crippen molar-refractivity contribution in [3.63, 3.8) is 0 Å². The molecule has 9 nitrogen and oxygen atoms in total. The fourth-order valence-electron chi connectivity index (χ4n) is 2.98. The van der Waals surface area contributed by atoms with Gasteiger partial charge in [-0.1, -0.05) is 54.3 Å². The number of carbonyl (C=O) groups excluding carboxylic acids is 2. The van der Waals surface area contributed by atoms with Crippen LogP contribution in [0, 0.1) is 0 Å². The van der Waals surface area contributed by atoms with E-state index < -0.39 is 5.97 Å². The number of aromatic nitrogens is 4. The number of ether oxygens (including phenoxy) is 2. The third-order valence-corrected chi connectivity index (χ3v) is 5.58. The molecule has 0 spiro atoms. The molecule has 168 valence electrons. The predicted octanol–water partition coefficient (Wildman–Crippen LogP) is 2.97. The standard InChI is InChI=1S/C22H19N5O4S2/c1-2-30-19(28)12-27-25-20(24-26-27)16-7-3-6-15(9-16)13-31-17-8-4-5-14(10-17)11-18-21(29)23-22(32)33-18/h3-11H,2,12-13H2,1H3,(H,23,29,32). The first kappa shape index (κ1) is 22.6. The summed E-state index contributed by atoms with van der Waals surface area (Å²) in [5, 5.41) is 14.8. The number of amides is 1. The van der Waals surface area contributed by atoms with Crippen LogP contribution in [0.4, 0.5) is 0 Å². The minimum absolute atomic E-state index is 0.0951. The van der Waals surface area contributed by atoms with Gasteiger partial charge in [-0.15, -0.1) is 10.2 Å². The first-order valence-electron chi connectivity index (χ1n) is 10.0. The van der Waals surface area contributed by atoms with Crippen LogP contribution in [0.15, 0.2) is 53.4 Å². The van der Waals surface area contributed by atoms with Crippen LogP contribution in [0.2, 0.25) is 0 Å². The summed E-state index contributed by atoms with van der Waals surface area (Å²) in [5.41, 5.74) is 2.50. The smallest absolute Gasteiger partial charge is 0.329 e. The molecular formula is C22H19N5O4S2. The second-order valence-corrected chi connectivity index (χ2v) is 8.58. The number of nitrogens with one attached hydrogen (secondary N) is 1. The lowest BCUT2D eigenvalue weighted by Gasteiger charge is -2.08. The highest BCUT2D eigenvalue weighted by atomic mass is 32.2. The van der Waals surface area contributed by atoms with Gasteiger partial charge in [-0.3, -0.25) is 4.79 Å². The maximum atomic E-state index is 11.9. The highest BCUT2D eigenvalue weighted by Gasteiger charge is 2.21. The maximum absolute atomic E-state index is 11.9. The highest BCUT2D eigenvalue weighted by molar-refractivity contribution is 8.26. The van der Waals surface area contributed by atoms with Gasteiger partial charge in [0.2, 0.25) is 5.82 Å². The minimum Gasteiger partial charge on any atom is -0.489 e. The average molecular weight is 482 g/mol. The lowest BCUT2D eigenvalue weighted by molar-refractivity contribution is -0.144. The molecule has 1 aromatic heterocycles. The van der Waals surface area contributed by atoms with Crippen LogP contribution in [-0.2, 0) is 27.5 Å². The van der Waals surface area contributed by atoms with Crippen molar-refractivity contribution in [2.24, 2.45) is 0 Å². The van der Waals surface area contributed by atoms with E-state index in [-0.39, 0.29) is 12.5 Å². The number of thioether (sulfide) groups is 1. The van der Waals surface area contributed by atoms with Gasteiger partial charge in [-0.25, -0.2) is 4.79 Å². The number of thiocarbonyl (C=S) groups is 1. The average Bonchev–Trinajstić information content (AvgIpc) is 3.38. The fraction of sp³-hybridized carbons (Fsp3) is 0.182. The highest BCUT2D eigenvalue weighted by Crippen LogP contribution is 2.27. The topological polar surface area (TPSA) is 108 Å². The van der Waals surface area contributed by atoms with Gasteiger partial charge < -0.3 is 14.8 Å². The first-order chi connectivity index (χ1) is 16.0. The molecule has 4 rings (SSSR count). The second kappa shape index (κ2) is 10.4. The van der Waals surface area contributed by atoms with E-state index in [1.165, 1.54) is 16.6 Å². The van der Waals surface area contributed by atoms with Gasteiger partial charge in [-0.2, -0.15) is 4.80 Å². The normalized spacial score (nSPS) is 14.4. The molecule has 33 heavy (non-hydrogen) atoms. The van der Waals surface area contributed by atoms with Gasteiger partial charge in [-0.05, 0) is 47.5 Å². The molecule has 1 amide bonds. The van der Waals surface area contributed by atoms with Crippen LogP contribution in [0.1, 0.15) is 18.1 Å². The minimum atomic E-state index is -0.420. The SMILES string of the molecule is CCOC(=O)Cn1nnc(-c2cccc(COc3cccc(C=C4SC(=S)NC4=O)c3)c2)n1. The van der Waals surface area contributed by atoms with Gasteiger partial charge >= 0.3 is 5.97 Å². The molecule has 0 bridgehead atoms. The van der Waals surface area contributed by atoms with E-state index in [0.29, 0.717) is 34.0 Å². The second-order valence-electron chi connectivity index (χ2n) is 6.86. The van der Waals surface area contributed by atoms with E-state index in [1.54, 1.807) is 13.0 Å². The molecule has 0 radical (unpaired) electrons. The van der Waals surface area contributed by atoms with Gasteiger partial charge in [0.25, 0.3) is 5.91 Å². The largest absolute Gasteiger partial charge is 0.489 e. The Morgan fingerprint density at radius 2 is 2.09 bits per heavy atom. The van der Waals surface area contributed by atoms with Crippen LogP contribution < -0.4 is 10.1 Å². The Kier molecular flexibility index (Phi) is 7.10. The molecule has 2 heterocycles. The molecule has 1 aliphatic heterocycles. The number of carbonyl (C=O) groups is 2. The summed E-state index contributed by atoms with van der Waals surface area (Å²) >= 11 is 6.26. The third kappa shape index (κ3) is 6.02. The number of esters is 1. The number of rotatable bonds is 8. The van der Waals surface area contributed by atoms with Gasteiger partial charge in [0.1, 0.15) is 16.7 Å². The van der Waals surface area contributed by atoms with Crippen LogP contribution >= 0.6 is 24.0 Å². The lowest BCUT2D eigenvalue weighted by Crippen LogP contribution is -2.17. The lowest BCUT2D eigenvalue weighted by atomic mass is 10.1. The summed E-state index contributed by atoms with van der Waals surface area (Å²) in [6, 6.07) is 15.0. The molecular weight excluding hydrogens is 462 g/mol. The number of nitrogens with zero attached hydrogens (tertiary/aromatic N) is 4. The number of hydrogen-bond donors (Lipinski definition) is 1. The zero-order chi connectivity index (χ0) is 23.2. The number of tetrazole rings is 1. The molecule has 0 atom stereocenters. The van der Waals surface area contributed by atoms with Crippen molar-refractivity contribution < 1.29 is 19.1 Å². The summed E-state index contributed by atoms with van der Waals surface area (Å²) in [7, 11) is 0. The molecule has 1 aliphatic rings. The zero-order valence-electron chi connectivity index (χ0n) is 17.6. The molecule has 3 aromatic rings. The van der Waals surface area contributed by atoms with Crippen molar-refractivity contribution >= 4 is 46.3 Å². The van der Waals surface area contributed by atoms with Gasteiger partial charge in [0, 0.05) is 5.56 Å². The summed E-state index contributed by atoms with van der Waals surface area (Å²) in [4.78, 5) is 25.2. The van der Waals surface area contributed by atoms with Crippen LogP contribution in [-0.4, -0.2) is 43.0 Å². The molecule has 2 aromatic carbocycles. The Balaban J connectivity index is 1.41. The summed E-state index contributed by atoms with van der Waals surface area (Å²) < 4.78 is 11.3. The summed E-state index contributed by atoms with van der Waals surface area (Å²) in [6.45, 7) is 2.26.